The van der Waals surface area contributed by atoms with Gasteiger partial charge in [0.05, 0.1) is 22.8 Å². The summed E-state index contributed by atoms with van der Waals surface area (Å²) < 4.78 is 5.56. The van der Waals surface area contributed by atoms with Crippen LogP contribution in [0.2, 0.25) is 0 Å². The number of hydrogen-bond donors (Lipinski definition) is 1. The molecule has 0 radical (unpaired) electrons. The Morgan fingerprint density at radius 3 is 2.55 bits per heavy atom. The molecule has 0 fully saturated rings. The highest BCUT2D eigenvalue weighted by Crippen LogP contribution is 2.32. The second-order valence-corrected chi connectivity index (χ2v) is 7.44. The number of nitrogens with zero attached hydrogens (tertiary/aromatic N) is 4. The maximum Gasteiger partial charge on any atom is 0.258 e. The van der Waals surface area contributed by atoms with Gasteiger partial charge in [0.2, 0.25) is 5.82 Å². The molecule has 0 saturated carbocycles. The Balaban J connectivity index is 1.61. The second kappa shape index (κ2) is 7.99. The molecule has 3 aromatic heterocycles. The average Bonchev–Trinajstić information content (AvgIpc) is 3.30. The predicted octanol–water partition coefficient (Wildman–Crippen LogP) is 5.83. The minimum absolute atomic E-state index is 0.0468. The van der Waals surface area contributed by atoms with Crippen molar-refractivity contribution in [3.8, 4) is 22.8 Å². The summed E-state index contributed by atoms with van der Waals surface area (Å²) in [6, 6.07) is 23.8. The number of benzene rings is 2. The maximum absolute atomic E-state index is 5.56. The van der Waals surface area contributed by atoms with Gasteiger partial charge in [0.15, 0.2) is 0 Å². The molecule has 0 unspecified atom stereocenters. The van der Waals surface area contributed by atoms with Gasteiger partial charge in [0, 0.05) is 17.1 Å². The van der Waals surface area contributed by atoms with E-state index in [0.29, 0.717) is 17.5 Å². The molecule has 1 N–H and O–H groups in total. The van der Waals surface area contributed by atoms with E-state index in [1.807, 2.05) is 60.7 Å². The molecule has 0 aliphatic heterocycles. The zero-order valence-corrected chi connectivity index (χ0v) is 17.3. The summed E-state index contributed by atoms with van der Waals surface area (Å²) in [4.78, 5) is 14.0. The normalized spacial score (nSPS) is 12.1. The van der Waals surface area contributed by atoms with Gasteiger partial charge < -0.3 is 9.84 Å². The molecule has 5 aromatic rings. The highest BCUT2D eigenvalue weighted by atomic mass is 16.5. The van der Waals surface area contributed by atoms with Gasteiger partial charge >= 0.3 is 0 Å². The Bertz CT molecular complexity index is 1330. The van der Waals surface area contributed by atoms with Gasteiger partial charge in [0.25, 0.3) is 5.89 Å². The lowest BCUT2D eigenvalue weighted by Crippen LogP contribution is -2.11. The molecule has 0 bridgehead atoms. The molecule has 152 valence electrons. The van der Waals surface area contributed by atoms with Gasteiger partial charge in [0.1, 0.15) is 5.82 Å². The van der Waals surface area contributed by atoms with E-state index < -0.39 is 0 Å². The molecule has 6 heteroatoms. The Hall–Kier alpha value is -4.06. The van der Waals surface area contributed by atoms with E-state index >= 15 is 0 Å². The maximum atomic E-state index is 5.56. The summed E-state index contributed by atoms with van der Waals surface area (Å²) >= 11 is 0. The molecular formula is C25H21N5O. The van der Waals surface area contributed by atoms with Gasteiger partial charge in [-0.2, -0.15) is 4.98 Å². The van der Waals surface area contributed by atoms with Crippen LogP contribution in [0.1, 0.15) is 24.2 Å². The zero-order valence-electron chi connectivity index (χ0n) is 17.3. The minimum atomic E-state index is -0.0468. The van der Waals surface area contributed by atoms with E-state index in [9.17, 15) is 0 Å². The topological polar surface area (TPSA) is 76.7 Å². The van der Waals surface area contributed by atoms with Crippen LogP contribution in [-0.2, 0) is 0 Å². The molecule has 31 heavy (non-hydrogen) atoms. The molecule has 5 rings (SSSR count). The summed E-state index contributed by atoms with van der Waals surface area (Å²) in [6.07, 6.45) is 1.79. The van der Waals surface area contributed by atoms with E-state index in [0.717, 1.165) is 33.3 Å². The Kier molecular flexibility index (Phi) is 4.88. The Morgan fingerprint density at radius 2 is 1.74 bits per heavy atom. The van der Waals surface area contributed by atoms with Crippen molar-refractivity contribution in [1.82, 2.24) is 20.1 Å². The second-order valence-electron chi connectivity index (χ2n) is 7.44. The summed E-state index contributed by atoms with van der Waals surface area (Å²) in [6.45, 7) is 4.12. The molecule has 0 aliphatic carbocycles. The average molecular weight is 407 g/mol. The van der Waals surface area contributed by atoms with Gasteiger partial charge in [-0.3, -0.25) is 4.98 Å². The highest BCUT2D eigenvalue weighted by Gasteiger charge is 2.19. The third-order valence-electron chi connectivity index (χ3n) is 5.22. The van der Waals surface area contributed by atoms with Gasteiger partial charge in [-0.15, -0.1) is 0 Å². The first-order valence-corrected chi connectivity index (χ1v) is 10.2. The van der Waals surface area contributed by atoms with Crippen LogP contribution in [0.3, 0.4) is 0 Å². The smallest absolute Gasteiger partial charge is 0.258 e. The number of aromatic nitrogens is 4. The minimum Gasteiger partial charge on any atom is -0.361 e. The fourth-order valence-electron chi connectivity index (χ4n) is 3.57. The quantitative estimate of drug-likeness (QED) is 0.395. The van der Waals surface area contributed by atoms with E-state index in [1.54, 1.807) is 6.20 Å². The fraction of sp³-hybridized carbons (Fsp3) is 0.120. The highest BCUT2D eigenvalue weighted by molar-refractivity contribution is 5.89. The first-order valence-electron chi connectivity index (χ1n) is 10.2. The van der Waals surface area contributed by atoms with Crippen molar-refractivity contribution in [2.75, 3.05) is 5.32 Å². The largest absolute Gasteiger partial charge is 0.361 e. The van der Waals surface area contributed by atoms with Crippen LogP contribution < -0.4 is 5.32 Å². The van der Waals surface area contributed by atoms with Crippen LogP contribution in [0.5, 0.6) is 0 Å². The number of pyridine rings is 2. The number of aryl methyl sites for hydroxylation is 1. The van der Waals surface area contributed by atoms with Crippen molar-refractivity contribution in [3.05, 3.63) is 90.3 Å². The summed E-state index contributed by atoms with van der Waals surface area (Å²) in [5.74, 6) is 1.66. The van der Waals surface area contributed by atoms with Gasteiger partial charge in [-0.25, -0.2) is 4.98 Å². The van der Waals surface area contributed by atoms with Gasteiger partial charge in [-0.05, 0) is 49.7 Å². The Morgan fingerprint density at radius 1 is 0.903 bits per heavy atom. The molecule has 3 heterocycles. The molecular weight excluding hydrogens is 386 g/mol. The number of anilines is 1. The molecule has 6 nitrogen and oxygen atoms in total. The van der Waals surface area contributed by atoms with E-state index in [2.05, 4.69) is 46.4 Å². The van der Waals surface area contributed by atoms with E-state index in [1.165, 1.54) is 0 Å². The van der Waals surface area contributed by atoms with E-state index in [4.69, 9.17) is 9.51 Å². The summed E-state index contributed by atoms with van der Waals surface area (Å²) in [5.41, 5.74) is 4.64. The zero-order chi connectivity index (χ0) is 21.2. The van der Waals surface area contributed by atoms with Crippen LogP contribution >= 0.6 is 0 Å². The first-order chi connectivity index (χ1) is 15.2. The van der Waals surface area contributed by atoms with Crippen molar-refractivity contribution in [2.45, 2.75) is 19.9 Å². The van der Waals surface area contributed by atoms with Crippen molar-refractivity contribution in [3.63, 3.8) is 0 Å². The molecule has 0 amide bonds. The lowest BCUT2D eigenvalue weighted by atomic mass is 10.1. The molecule has 0 spiro atoms. The number of nitrogens with one attached hydrogen (secondary N) is 1. The first kappa shape index (κ1) is 18.9. The summed E-state index contributed by atoms with van der Waals surface area (Å²) in [7, 11) is 0. The van der Waals surface area contributed by atoms with Crippen molar-refractivity contribution in [2.24, 2.45) is 0 Å². The van der Waals surface area contributed by atoms with Crippen LogP contribution in [0.15, 0.2) is 83.5 Å². The van der Waals surface area contributed by atoms with Crippen LogP contribution in [0.25, 0.3) is 33.7 Å². The van der Waals surface area contributed by atoms with E-state index in [-0.39, 0.29) is 6.04 Å². The molecule has 1 atom stereocenters. The molecule has 0 aliphatic rings. The van der Waals surface area contributed by atoms with Crippen molar-refractivity contribution < 1.29 is 4.52 Å². The third kappa shape index (κ3) is 3.75. The third-order valence-corrected chi connectivity index (χ3v) is 5.22. The standard InChI is InChI=1S/C25H21N5O/c1-16-9-8-12-19-15-20(24-29-25(31-30-24)18-10-4-3-5-11-18)23(28-22(16)19)27-17(2)21-13-6-7-14-26-21/h3-15,17H,1-2H3,(H,27,28)/t17-/m0/s1. The number of fused-ring (bicyclic) bond motifs is 1. The lowest BCUT2D eigenvalue weighted by molar-refractivity contribution is 0.432. The number of hydrogen-bond acceptors (Lipinski definition) is 6. The molecule has 2 aromatic carbocycles. The SMILES string of the molecule is Cc1cccc2cc(-c3noc(-c4ccccc4)n3)c(N[C@@H](C)c3ccccn3)nc12. The molecule has 0 saturated heterocycles. The Labute approximate surface area is 180 Å². The predicted molar refractivity (Wildman–Crippen MR) is 121 cm³/mol. The van der Waals surface area contributed by atoms with Crippen molar-refractivity contribution >= 4 is 16.7 Å². The van der Waals surface area contributed by atoms with Crippen molar-refractivity contribution in [1.29, 1.82) is 0 Å². The monoisotopic (exact) mass is 407 g/mol. The number of para-hydroxylation sites is 1. The fourth-order valence-corrected chi connectivity index (χ4v) is 3.57. The van der Waals surface area contributed by atoms with Crippen LogP contribution in [0, 0.1) is 6.92 Å². The lowest BCUT2D eigenvalue weighted by Gasteiger charge is -2.17. The van der Waals surface area contributed by atoms with Crippen LogP contribution in [-0.4, -0.2) is 20.1 Å². The number of rotatable bonds is 5. The van der Waals surface area contributed by atoms with Gasteiger partial charge in [-0.1, -0.05) is 47.6 Å². The summed E-state index contributed by atoms with van der Waals surface area (Å²) in [5, 5.41) is 8.77. The van der Waals surface area contributed by atoms with Crippen LogP contribution in [0.4, 0.5) is 5.82 Å².